The first-order valence-corrected chi connectivity index (χ1v) is 29.1. The Labute approximate surface area is 499 Å². The van der Waals surface area contributed by atoms with Crippen molar-refractivity contribution in [2.45, 2.75) is 81.6 Å². The molecule has 0 aliphatic heterocycles. The number of halogens is 1. The van der Waals surface area contributed by atoms with Crippen molar-refractivity contribution in [1.29, 1.82) is 0 Å². The number of hydrogen-bond donors (Lipinski definition) is 2. The quantitative estimate of drug-likeness (QED) is 0.0332. The Morgan fingerprint density at radius 1 is 0.405 bits per heavy atom. The van der Waals surface area contributed by atoms with Gasteiger partial charge in [-0.2, -0.15) is 0 Å². The third kappa shape index (κ3) is 15.2. The van der Waals surface area contributed by atoms with Crippen LogP contribution in [-0.2, 0) is 50.5 Å². The molecule has 0 radical (unpaired) electrons. The van der Waals surface area contributed by atoms with Gasteiger partial charge in [-0.15, -0.1) is 12.4 Å². The van der Waals surface area contributed by atoms with E-state index in [4.69, 9.17) is 43.5 Å². The Balaban J connectivity index is 0.00000786. The number of benzene rings is 9. The van der Waals surface area contributed by atoms with Crippen LogP contribution in [0.2, 0.25) is 0 Å². The third-order valence-corrected chi connectivity index (χ3v) is 15.3. The van der Waals surface area contributed by atoms with Crippen molar-refractivity contribution in [3.8, 4) is 22.9 Å². The van der Waals surface area contributed by atoms with Gasteiger partial charge in [0.05, 0.1) is 44.1 Å². The largest absolute Gasteiger partial charge is 0.436 e. The Hall–Kier alpha value is -8.03. The molecule has 4 atom stereocenters. The van der Waals surface area contributed by atoms with Crippen molar-refractivity contribution in [2.24, 2.45) is 5.73 Å². The zero-order valence-corrected chi connectivity index (χ0v) is 48.1. The summed E-state index contributed by atoms with van der Waals surface area (Å²) in [6.45, 7) is 2.06. The minimum atomic E-state index is -0.904. The van der Waals surface area contributed by atoms with Gasteiger partial charge in [0, 0.05) is 24.3 Å². The lowest BCUT2D eigenvalue weighted by Gasteiger charge is -2.44. The number of oxazole rings is 2. The second-order valence-electron chi connectivity index (χ2n) is 21.2. The molecule has 428 valence electrons. The van der Waals surface area contributed by atoms with Crippen LogP contribution in [0.5, 0.6) is 0 Å². The molecule has 4 unspecified atom stereocenters. The second-order valence-corrected chi connectivity index (χ2v) is 21.2. The minimum Gasteiger partial charge on any atom is -0.436 e. The smallest absolute Gasteiger partial charge is 0.227 e. The summed E-state index contributed by atoms with van der Waals surface area (Å²) in [4.78, 5) is 9.52. The first-order chi connectivity index (χ1) is 41.1. The van der Waals surface area contributed by atoms with Crippen LogP contribution in [0.4, 0.5) is 0 Å². The van der Waals surface area contributed by atoms with Crippen molar-refractivity contribution in [3.63, 3.8) is 0 Å². The number of nitrogens with two attached hydrogens (primary N) is 1. The van der Waals surface area contributed by atoms with Gasteiger partial charge in [-0.25, -0.2) is 9.97 Å². The maximum absolute atomic E-state index is 7.54. The Morgan fingerprint density at radius 2 is 0.833 bits per heavy atom. The van der Waals surface area contributed by atoms with Crippen molar-refractivity contribution >= 4 is 34.6 Å². The van der Waals surface area contributed by atoms with Crippen LogP contribution in [0.1, 0.15) is 64.6 Å². The molecule has 10 nitrogen and oxygen atoms in total. The summed E-state index contributed by atoms with van der Waals surface area (Å²) in [6, 6.07) is 84.1. The molecule has 0 bridgehead atoms. The van der Waals surface area contributed by atoms with E-state index in [-0.39, 0.29) is 32.2 Å². The molecule has 11 aromatic rings. The Bertz CT molecular complexity index is 3500. The van der Waals surface area contributed by atoms with Crippen molar-refractivity contribution < 1.29 is 27.8 Å². The molecule has 9 aromatic carbocycles. The number of fused-ring (bicyclic) bond motifs is 2. The molecule has 2 aromatic heterocycles. The molecule has 11 rings (SSSR count). The number of aryl methyl sites for hydroxylation is 2. The molecule has 0 aliphatic carbocycles. The van der Waals surface area contributed by atoms with Gasteiger partial charge < -0.3 is 33.5 Å². The summed E-state index contributed by atoms with van der Waals surface area (Å²) in [6.07, 6.45) is 4.18. The number of rotatable bonds is 30. The highest BCUT2D eigenvalue weighted by Crippen LogP contribution is 2.39. The van der Waals surface area contributed by atoms with Gasteiger partial charge in [0.2, 0.25) is 11.8 Å². The SMILES string of the molecule is Cl.NC(COCCCCc1ccccc1)C(OCc1ccc(-c2nc3ccccc3o2)cc1)C(OCCCCc1ccccc1)C(COCc1ccc(-c2nc3ccccc3o2)cc1)NC(c1ccccc1)(c1ccccc1)c1ccccc1. The van der Waals surface area contributed by atoms with Gasteiger partial charge in [0.15, 0.2) is 11.2 Å². The standard InChI is InChI=1S/C73H72N4O6.ClH/c74-63(52-78-48-22-20-28-54-24-6-1-7-25-54)69(81-51-57-42-46-59(47-43-57)72-76-65-37-17-19-39-68(65)83-72)70(80-49-23-21-29-55-26-8-2-9-27-55)66(53-79-50-56-40-44-58(45-41-56)71-75-64-36-16-18-38-67(64)82-71)77-73(60-30-10-3-11-31-60,61-32-12-4-13-33-61)62-34-14-5-15-35-62;/h1-19,24-27,30-47,63,66,69-70,77H,20-23,28-29,48-53,74H2;1H. The Morgan fingerprint density at radius 3 is 1.31 bits per heavy atom. The van der Waals surface area contributed by atoms with Crippen LogP contribution in [0, 0.1) is 0 Å². The summed E-state index contributed by atoms with van der Waals surface area (Å²) in [5.41, 5.74) is 19.3. The summed E-state index contributed by atoms with van der Waals surface area (Å²) >= 11 is 0. The lowest BCUT2D eigenvalue weighted by atomic mass is 9.76. The van der Waals surface area contributed by atoms with Crippen LogP contribution >= 0.6 is 12.4 Å². The molecule has 3 N–H and O–H groups in total. The average Bonchev–Trinajstić information content (AvgIpc) is 4.30. The fourth-order valence-corrected chi connectivity index (χ4v) is 11.0. The molecule has 0 spiro atoms. The summed E-state index contributed by atoms with van der Waals surface area (Å²) < 4.78 is 40.5. The number of unbranched alkanes of at least 4 members (excludes halogenated alkanes) is 2. The maximum Gasteiger partial charge on any atom is 0.227 e. The monoisotopic (exact) mass is 1140 g/mol. The van der Waals surface area contributed by atoms with E-state index >= 15 is 0 Å². The average molecular weight is 1140 g/mol. The van der Waals surface area contributed by atoms with Gasteiger partial charge >= 0.3 is 0 Å². The van der Waals surface area contributed by atoms with E-state index in [2.05, 4.69) is 181 Å². The molecular weight excluding hydrogens is 1060 g/mol. The predicted molar refractivity (Wildman–Crippen MR) is 338 cm³/mol. The predicted octanol–water partition coefficient (Wildman–Crippen LogP) is 15.6. The molecule has 0 fully saturated rings. The molecule has 2 heterocycles. The van der Waals surface area contributed by atoms with E-state index in [0.29, 0.717) is 31.6 Å². The number of ether oxygens (including phenoxy) is 4. The zero-order chi connectivity index (χ0) is 56.3. The van der Waals surface area contributed by atoms with E-state index < -0.39 is 29.8 Å². The van der Waals surface area contributed by atoms with Gasteiger partial charge in [-0.1, -0.05) is 200 Å². The molecule has 0 amide bonds. The highest BCUT2D eigenvalue weighted by Gasteiger charge is 2.44. The lowest BCUT2D eigenvalue weighted by Crippen LogP contribution is -2.62. The van der Waals surface area contributed by atoms with Crippen molar-refractivity contribution in [3.05, 3.63) is 288 Å². The third-order valence-electron chi connectivity index (χ3n) is 15.3. The normalized spacial score (nSPS) is 13.1. The van der Waals surface area contributed by atoms with Crippen molar-refractivity contribution in [1.82, 2.24) is 15.3 Å². The van der Waals surface area contributed by atoms with E-state index in [1.54, 1.807) is 0 Å². The van der Waals surface area contributed by atoms with Gasteiger partial charge in [0.1, 0.15) is 23.2 Å². The molecule has 84 heavy (non-hydrogen) atoms. The van der Waals surface area contributed by atoms with Crippen LogP contribution in [0.25, 0.3) is 45.1 Å². The van der Waals surface area contributed by atoms with Crippen LogP contribution in [-0.4, -0.2) is 60.7 Å². The van der Waals surface area contributed by atoms with Gasteiger partial charge in [0.25, 0.3) is 0 Å². The number of nitrogens with zero attached hydrogens (tertiary/aromatic N) is 2. The van der Waals surface area contributed by atoms with Crippen LogP contribution in [0.15, 0.2) is 258 Å². The zero-order valence-electron chi connectivity index (χ0n) is 47.3. The number of nitrogens with one attached hydrogen (secondary N) is 1. The first-order valence-electron chi connectivity index (χ1n) is 29.1. The maximum atomic E-state index is 7.54. The number of hydrogen-bond acceptors (Lipinski definition) is 10. The molecule has 0 aliphatic rings. The fraction of sp³-hybridized carbons (Fsp3) is 0.233. The molecule has 0 saturated carbocycles. The molecule has 0 saturated heterocycles. The fourth-order valence-electron chi connectivity index (χ4n) is 11.0. The number of aromatic nitrogens is 2. The van der Waals surface area contributed by atoms with Crippen LogP contribution < -0.4 is 11.1 Å². The topological polar surface area (TPSA) is 127 Å². The minimum absolute atomic E-state index is 0. The first kappa shape index (κ1) is 59.1. The van der Waals surface area contributed by atoms with E-state index in [1.165, 1.54) is 11.1 Å². The summed E-state index contributed by atoms with van der Waals surface area (Å²) in [7, 11) is 0. The highest BCUT2D eigenvalue weighted by atomic mass is 35.5. The molecule has 11 heteroatoms. The van der Waals surface area contributed by atoms with Crippen LogP contribution in [0.3, 0.4) is 0 Å². The van der Waals surface area contributed by atoms with E-state index in [0.717, 1.165) is 99.7 Å². The summed E-state index contributed by atoms with van der Waals surface area (Å²) in [5, 5.41) is 4.32. The van der Waals surface area contributed by atoms with Crippen molar-refractivity contribution in [2.75, 3.05) is 26.4 Å². The van der Waals surface area contributed by atoms with Gasteiger partial charge in [-0.3, -0.25) is 5.32 Å². The van der Waals surface area contributed by atoms with Gasteiger partial charge in [-0.05, 0) is 126 Å². The van der Waals surface area contributed by atoms with E-state index in [9.17, 15) is 0 Å². The Kier molecular flexibility index (Phi) is 21.1. The number of para-hydroxylation sites is 4. The molecular formula is C73H73ClN4O6. The lowest BCUT2D eigenvalue weighted by molar-refractivity contribution is -0.122. The summed E-state index contributed by atoms with van der Waals surface area (Å²) in [5.74, 6) is 1.13. The second kappa shape index (κ2) is 30.0. The highest BCUT2D eigenvalue weighted by molar-refractivity contribution is 5.85. The van der Waals surface area contributed by atoms with E-state index in [1.807, 2.05) is 72.8 Å².